The Kier molecular flexibility index (Phi) is 4.78. The molecule has 98 valence electrons. The lowest BCUT2D eigenvalue weighted by Crippen LogP contribution is -2.25. The summed E-state index contributed by atoms with van der Waals surface area (Å²) in [6.45, 7) is 1.35. The van der Waals surface area contributed by atoms with Gasteiger partial charge in [0.2, 0.25) is 0 Å². The summed E-state index contributed by atoms with van der Waals surface area (Å²) >= 11 is 6.85. The van der Waals surface area contributed by atoms with E-state index in [9.17, 15) is 5.11 Å². The second kappa shape index (κ2) is 6.34. The monoisotopic (exact) mass is 287 g/mol. The molecule has 1 unspecified atom stereocenters. The van der Waals surface area contributed by atoms with Gasteiger partial charge in [-0.1, -0.05) is 11.6 Å². The number of aliphatic hydroxyl groups excluding tert-OH is 1. The molecule has 0 spiro atoms. The molecule has 1 saturated carbocycles. The van der Waals surface area contributed by atoms with Gasteiger partial charge in [-0.05, 0) is 30.3 Å². The maximum Gasteiger partial charge on any atom is 0.162 e. The fraction of sp³-hybridized carbons (Fsp3) is 0.636. The van der Waals surface area contributed by atoms with Gasteiger partial charge in [0.05, 0.1) is 12.7 Å². The van der Waals surface area contributed by atoms with E-state index < -0.39 is 6.10 Å². The summed E-state index contributed by atoms with van der Waals surface area (Å²) in [6.07, 6.45) is 1.87. The van der Waals surface area contributed by atoms with Gasteiger partial charge < -0.3 is 15.2 Å². The predicted molar refractivity (Wildman–Crippen MR) is 69.9 cm³/mol. The summed E-state index contributed by atoms with van der Waals surface area (Å²) in [6, 6.07) is 1.97. The van der Waals surface area contributed by atoms with Crippen molar-refractivity contribution in [1.82, 2.24) is 4.37 Å². The zero-order chi connectivity index (χ0) is 13.0. The Balaban J connectivity index is 1.70. The Morgan fingerprint density at radius 2 is 2.44 bits per heavy atom. The highest BCUT2D eigenvalue weighted by Crippen LogP contribution is 2.29. The summed E-state index contributed by atoms with van der Waals surface area (Å²) in [5.41, 5.74) is 0.327. The molecule has 0 aliphatic heterocycles. The fourth-order valence-corrected chi connectivity index (χ4v) is 2.35. The maximum atomic E-state index is 9.70. The third-order valence-electron chi connectivity index (χ3n) is 2.62. The molecule has 1 aliphatic carbocycles. The van der Waals surface area contributed by atoms with Gasteiger partial charge in [-0.15, -0.1) is 0 Å². The van der Waals surface area contributed by atoms with Crippen molar-refractivity contribution < 1.29 is 9.84 Å². The molecule has 1 atom stereocenters. The Bertz CT molecular complexity index is 442. The molecule has 7 heteroatoms. The molecule has 2 rings (SSSR count). The third-order valence-corrected chi connectivity index (χ3v) is 3.80. The number of nitriles is 1. The van der Waals surface area contributed by atoms with Crippen molar-refractivity contribution in [2.75, 3.05) is 25.1 Å². The first kappa shape index (κ1) is 13.6. The lowest BCUT2D eigenvalue weighted by Gasteiger charge is -2.11. The van der Waals surface area contributed by atoms with E-state index in [0.29, 0.717) is 29.6 Å². The number of aliphatic hydroxyl groups is 1. The molecule has 5 nitrogen and oxygen atoms in total. The van der Waals surface area contributed by atoms with Crippen molar-refractivity contribution in [3.05, 3.63) is 10.7 Å². The first-order chi connectivity index (χ1) is 8.70. The second-order valence-electron chi connectivity index (χ2n) is 4.30. The van der Waals surface area contributed by atoms with E-state index in [-0.39, 0.29) is 5.15 Å². The number of nitrogens with zero attached hydrogens (tertiary/aromatic N) is 2. The molecule has 0 saturated heterocycles. The van der Waals surface area contributed by atoms with E-state index in [1.807, 2.05) is 6.07 Å². The topological polar surface area (TPSA) is 78.2 Å². The van der Waals surface area contributed by atoms with Crippen LogP contribution in [0.4, 0.5) is 5.00 Å². The van der Waals surface area contributed by atoms with E-state index in [1.165, 1.54) is 12.8 Å². The number of hydrogen-bond acceptors (Lipinski definition) is 6. The van der Waals surface area contributed by atoms with Crippen LogP contribution in [0.2, 0.25) is 5.15 Å². The SMILES string of the molecule is N#Cc1c(Cl)nsc1NCC(O)COCC1CC1. The quantitative estimate of drug-likeness (QED) is 0.800. The standard InChI is InChI=1S/C11H14ClN3O2S/c12-10-9(3-13)11(18-15-10)14-4-8(16)6-17-5-7-1-2-7/h7-8,14,16H,1-2,4-6H2. The van der Waals surface area contributed by atoms with E-state index in [1.54, 1.807) is 0 Å². The van der Waals surface area contributed by atoms with E-state index in [2.05, 4.69) is 9.69 Å². The van der Waals surface area contributed by atoms with E-state index >= 15 is 0 Å². The maximum absolute atomic E-state index is 9.70. The summed E-state index contributed by atoms with van der Waals surface area (Å²) in [4.78, 5) is 0. The lowest BCUT2D eigenvalue weighted by molar-refractivity contribution is 0.0386. The molecule has 0 radical (unpaired) electrons. The molecule has 1 aliphatic rings. The van der Waals surface area contributed by atoms with Gasteiger partial charge in [-0.3, -0.25) is 0 Å². The molecule has 2 N–H and O–H groups in total. The van der Waals surface area contributed by atoms with Crippen molar-refractivity contribution in [3.63, 3.8) is 0 Å². The molecule has 1 aromatic rings. The van der Waals surface area contributed by atoms with Gasteiger partial charge in [-0.25, -0.2) is 0 Å². The minimum absolute atomic E-state index is 0.199. The van der Waals surface area contributed by atoms with Crippen molar-refractivity contribution in [2.45, 2.75) is 18.9 Å². The van der Waals surface area contributed by atoms with Crippen LogP contribution in [0.15, 0.2) is 0 Å². The number of ether oxygens (including phenoxy) is 1. The average Bonchev–Trinajstić information content (AvgIpc) is 3.10. The zero-order valence-electron chi connectivity index (χ0n) is 9.73. The highest BCUT2D eigenvalue weighted by molar-refractivity contribution is 7.10. The smallest absolute Gasteiger partial charge is 0.162 e. The number of halogens is 1. The van der Waals surface area contributed by atoms with Gasteiger partial charge in [0.25, 0.3) is 0 Å². The van der Waals surface area contributed by atoms with Gasteiger partial charge >= 0.3 is 0 Å². The van der Waals surface area contributed by atoms with Gasteiger partial charge in [0.1, 0.15) is 16.6 Å². The van der Waals surface area contributed by atoms with Gasteiger partial charge in [0.15, 0.2) is 5.15 Å². The number of aromatic nitrogens is 1. The molecule has 18 heavy (non-hydrogen) atoms. The normalized spacial score (nSPS) is 16.3. The van der Waals surface area contributed by atoms with Crippen molar-refractivity contribution in [1.29, 1.82) is 5.26 Å². The predicted octanol–water partition coefficient (Wildman–Crippen LogP) is 1.87. The molecule has 1 aromatic heterocycles. The van der Waals surface area contributed by atoms with Crippen LogP contribution in [-0.2, 0) is 4.74 Å². The Hall–Kier alpha value is -0.870. The Morgan fingerprint density at radius 1 is 1.67 bits per heavy atom. The van der Waals surface area contributed by atoms with E-state index in [0.717, 1.165) is 18.1 Å². The van der Waals surface area contributed by atoms with E-state index in [4.69, 9.17) is 21.6 Å². The molecular weight excluding hydrogens is 274 g/mol. The van der Waals surface area contributed by atoms with Crippen LogP contribution in [0.25, 0.3) is 0 Å². The van der Waals surface area contributed by atoms with Crippen LogP contribution < -0.4 is 5.32 Å². The van der Waals surface area contributed by atoms with Gasteiger partial charge in [0, 0.05) is 13.2 Å². The van der Waals surface area contributed by atoms with Crippen LogP contribution in [0.5, 0.6) is 0 Å². The summed E-state index contributed by atoms with van der Waals surface area (Å²) < 4.78 is 9.24. The largest absolute Gasteiger partial charge is 0.389 e. The highest BCUT2D eigenvalue weighted by Gasteiger charge is 2.21. The highest BCUT2D eigenvalue weighted by atomic mass is 35.5. The van der Waals surface area contributed by atoms with Crippen LogP contribution >= 0.6 is 23.1 Å². The average molecular weight is 288 g/mol. The summed E-state index contributed by atoms with van der Waals surface area (Å²) in [5, 5.41) is 22.3. The molecule has 1 heterocycles. The van der Waals surface area contributed by atoms with Crippen molar-refractivity contribution >= 4 is 28.1 Å². The number of anilines is 1. The van der Waals surface area contributed by atoms with Gasteiger partial charge in [-0.2, -0.15) is 9.64 Å². The Morgan fingerprint density at radius 3 is 3.11 bits per heavy atom. The molecule has 0 amide bonds. The minimum atomic E-state index is -0.601. The molecular formula is C11H14ClN3O2S. The molecule has 1 fully saturated rings. The number of hydrogen-bond donors (Lipinski definition) is 2. The molecule has 0 aromatic carbocycles. The van der Waals surface area contributed by atoms with Crippen LogP contribution in [0.1, 0.15) is 18.4 Å². The fourth-order valence-electron chi connectivity index (χ4n) is 1.41. The van der Waals surface area contributed by atoms with Crippen LogP contribution in [-0.4, -0.2) is 35.3 Å². The van der Waals surface area contributed by atoms with Crippen LogP contribution in [0.3, 0.4) is 0 Å². The Labute approximate surface area is 114 Å². The minimum Gasteiger partial charge on any atom is -0.389 e. The first-order valence-corrected chi connectivity index (χ1v) is 6.90. The summed E-state index contributed by atoms with van der Waals surface area (Å²) in [5.74, 6) is 0.690. The molecule has 0 bridgehead atoms. The van der Waals surface area contributed by atoms with Crippen LogP contribution in [0, 0.1) is 17.2 Å². The summed E-state index contributed by atoms with van der Waals surface area (Å²) in [7, 11) is 0. The number of rotatable bonds is 7. The van der Waals surface area contributed by atoms with Crippen molar-refractivity contribution in [2.24, 2.45) is 5.92 Å². The second-order valence-corrected chi connectivity index (χ2v) is 5.44. The zero-order valence-corrected chi connectivity index (χ0v) is 11.3. The van der Waals surface area contributed by atoms with Crippen molar-refractivity contribution in [3.8, 4) is 6.07 Å². The number of nitrogens with one attached hydrogen (secondary N) is 1. The third kappa shape index (κ3) is 3.82. The first-order valence-electron chi connectivity index (χ1n) is 5.75. The lowest BCUT2D eigenvalue weighted by atomic mass is 10.3.